The van der Waals surface area contributed by atoms with Gasteiger partial charge in [0.25, 0.3) is 0 Å². The number of thiophene rings is 2. The van der Waals surface area contributed by atoms with Gasteiger partial charge in [0.2, 0.25) is 0 Å². The molecule has 0 fully saturated rings. The monoisotopic (exact) mass is 974 g/mol. The molecule has 0 radical (unpaired) electrons. The van der Waals surface area contributed by atoms with Crippen molar-refractivity contribution in [2.24, 2.45) is 0 Å². The second-order valence-corrected chi connectivity index (χ2v) is 21.0. The highest BCUT2D eigenvalue weighted by molar-refractivity contribution is 7.27. The summed E-state index contributed by atoms with van der Waals surface area (Å²) in [4.78, 5) is 0. The van der Waals surface area contributed by atoms with Crippen LogP contribution in [0, 0.1) is 22.7 Å². The van der Waals surface area contributed by atoms with Crippen molar-refractivity contribution in [3.63, 3.8) is 0 Å². The van der Waals surface area contributed by atoms with Crippen LogP contribution in [0.5, 0.6) is 0 Å². The van der Waals surface area contributed by atoms with E-state index in [1.165, 1.54) is 25.7 Å². The highest BCUT2D eigenvalue weighted by Crippen LogP contribution is 2.53. The molecule has 0 amide bonds. The summed E-state index contributed by atoms with van der Waals surface area (Å²) in [5.74, 6) is 0. The number of nitrogens with zero attached hydrogens (tertiary/aromatic N) is 4. The minimum Gasteiger partial charge on any atom is -0.307 e. The van der Waals surface area contributed by atoms with Crippen molar-refractivity contribution in [1.29, 1.82) is 10.5 Å². The second kappa shape index (κ2) is 16.5. The number of para-hydroxylation sites is 1. The zero-order valence-electron chi connectivity index (χ0n) is 39.5. The van der Waals surface area contributed by atoms with Gasteiger partial charge in [-0.1, -0.05) is 200 Å². The van der Waals surface area contributed by atoms with Gasteiger partial charge in [-0.05, 0) is 63.7 Å². The Labute approximate surface area is 433 Å². The Morgan fingerprint density at radius 1 is 0.324 bits per heavy atom. The molecule has 0 spiro atoms. The Kier molecular flexibility index (Phi) is 9.40. The number of hydrogen-bond acceptors (Lipinski definition) is 4. The van der Waals surface area contributed by atoms with Gasteiger partial charge in [0, 0.05) is 63.6 Å². The molecule has 15 rings (SSSR count). The average molecular weight is 975 g/mol. The summed E-state index contributed by atoms with van der Waals surface area (Å²) in [5, 5.41) is 33.3. The molecule has 0 aliphatic rings. The zero-order valence-corrected chi connectivity index (χ0v) is 41.2. The SMILES string of the molecule is N#Cc1c(-c2ccccc2)c(C#N)c(-n2c3c(ccc4c5ccccc5sc43)c3ccc4c(sc5cccc(-c6ccccc6)c54)c32)c(-c2ccccc2)c1-n1c2ccccc2c2cc(-c3ccccc3)ccc21. The molecule has 0 saturated heterocycles. The van der Waals surface area contributed by atoms with E-state index in [1.807, 2.05) is 42.5 Å². The molecule has 0 unspecified atom stereocenters. The van der Waals surface area contributed by atoms with E-state index in [4.69, 9.17) is 0 Å². The minimum atomic E-state index is 0.428. The first-order valence-corrected chi connectivity index (χ1v) is 26.3. The van der Waals surface area contributed by atoms with E-state index < -0.39 is 0 Å². The summed E-state index contributed by atoms with van der Waals surface area (Å²) < 4.78 is 9.41. The molecule has 0 aliphatic carbocycles. The van der Waals surface area contributed by atoms with E-state index in [9.17, 15) is 10.5 Å². The Morgan fingerprint density at radius 2 is 0.824 bits per heavy atom. The Hall–Kier alpha value is -9.56. The third kappa shape index (κ3) is 6.05. The van der Waals surface area contributed by atoms with Crippen molar-refractivity contribution < 1.29 is 0 Å². The lowest BCUT2D eigenvalue weighted by molar-refractivity contribution is 1.13. The van der Waals surface area contributed by atoms with Crippen molar-refractivity contribution in [1.82, 2.24) is 9.13 Å². The van der Waals surface area contributed by atoms with Crippen LogP contribution < -0.4 is 0 Å². The van der Waals surface area contributed by atoms with Crippen molar-refractivity contribution in [3.8, 4) is 68.0 Å². The Bertz CT molecular complexity index is 4890. The molecule has 6 heteroatoms. The summed E-state index contributed by atoms with van der Waals surface area (Å²) in [5.41, 5.74) is 14.0. The molecule has 74 heavy (non-hydrogen) atoms. The fourth-order valence-corrected chi connectivity index (χ4v) is 14.4. The van der Waals surface area contributed by atoms with Crippen LogP contribution >= 0.6 is 22.7 Å². The van der Waals surface area contributed by atoms with Crippen LogP contribution in [0.25, 0.3) is 140 Å². The van der Waals surface area contributed by atoms with Crippen LogP contribution in [-0.4, -0.2) is 9.13 Å². The first kappa shape index (κ1) is 42.2. The molecule has 15 aromatic rings. The smallest absolute Gasteiger partial charge is 0.102 e. The number of rotatable bonds is 6. The van der Waals surface area contributed by atoms with Gasteiger partial charge in [-0.3, -0.25) is 0 Å². The largest absolute Gasteiger partial charge is 0.307 e. The van der Waals surface area contributed by atoms with Crippen molar-refractivity contribution >= 4 is 107 Å². The molecule has 0 saturated carbocycles. The topological polar surface area (TPSA) is 57.4 Å². The van der Waals surface area contributed by atoms with E-state index in [0.29, 0.717) is 16.7 Å². The molecule has 4 aromatic heterocycles. The molecular weight excluding hydrogens is 937 g/mol. The zero-order chi connectivity index (χ0) is 49.0. The normalized spacial score (nSPS) is 11.8. The van der Waals surface area contributed by atoms with Gasteiger partial charge in [-0.2, -0.15) is 10.5 Å². The van der Waals surface area contributed by atoms with Gasteiger partial charge in [0.05, 0.1) is 54.0 Å². The molecule has 0 atom stereocenters. The van der Waals surface area contributed by atoms with Crippen LogP contribution in [0.1, 0.15) is 11.1 Å². The summed E-state index contributed by atoms with van der Waals surface area (Å²) in [6.07, 6.45) is 0. The predicted molar refractivity (Wildman–Crippen MR) is 312 cm³/mol. The first-order valence-electron chi connectivity index (χ1n) is 24.7. The van der Waals surface area contributed by atoms with E-state index in [-0.39, 0.29) is 0 Å². The quantitative estimate of drug-likeness (QED) is 0.167. The van der Waals surface area contributed by atoms with Crippen molar-refractivity contribution in [2.75, 3.05) is 0 Å². The van der Waals surface area contributed by atoms with Gasteiger partial charge in [-0.15, -0.1) is 22.7 Å². The molecule has 0 bridgehead atoms. The van der Waals surface area contributed by atoms with E-state index in [1.54, 1.807) is 22.7 Å². The molecule has 4 nitrogen and oxygen atoms in total. The van der Waals surface area contributed by atoms with Crippen molar-refractivity contribution in [3.05, 3.63) is 242 Å². The maximum atomic E-state index is 12.2. The van der Waals surface area contributed by atoms with Gasteiger partial charge in [0.15, 0.2) is 0 Å². The number of hydrogen-bond donors (Lipinski definition) is 0. The van der Waals surface area contributed by atoms with Gasteiger partial charge in [0.1, 0.15) is 12.1 Å². The summed E-state index contributed by atoms with van der Waals surface area (Å²) in [6.45, 7) is 0. The standard InChI is InChI=1S/C68H38N4S2/c69-39-54-60(43-22-9-3-10-23-43)55(40-70)64(61(44-24-11-4-12-25-44)63(54)71-56-29-15-13-26-47(56)53-38-45(32-37-57(53)71)41-18-5-1-6-19-41)72-65-49(33-35-51-48-27-14-16-30-58(48)73-67(51)65)50-34-36-52-62-46(42-20-7-2-8-21-42)28-17-31-59(62)74-68(52)66(50)72/h1-38H. The number of nitriles is 2. The van der Waals surface area contributed by atoms with E-state index in [2.05, 4.69) is 209 Å². The minimum absolute atomic E-state index is 0.428. The number of aromatic nitrogens is 2. The van der Waals surface area contributed by atoms with Crippen LogP contribution in [0.15, 0.2) is 231 Å². The highest BCUT2D eigenvalue weighted by atomic mass is 32.1. The molecular formula is C68H38N4S2. The summed E-state index contributed by atoms with van der Waals surface area (Å²) >= 11 is 3.60. The third-order valence-corrected chi connectivity index (χ3v) is 17.4. The van der Waals surface area contributed by atoms with Crippen LogP contribution in [-0.2, 0) is 0 Å². The molecule has 342 valence electrons. The lowest BCUT2D eigenvalue weighted by Gasteiger charge is -2.25. The summed E-state index contributed by atoms with van der Waals surface area (Å²) in [7, 11) is 0. The van der Waals surface area contributed by atoms with Crippen LogP contribution in [0.2, 0.25) is 0 Å². The van der Waals surface area contributed by atoms with E-state index in [0.717, 1.165) is 109 Å². The van der Waals surface area contributed by atoms with Crippen molar-refractivity contribution in [2.45, 2.75) is 0 Å². The van der Waals surface area contributed by atoms with Gasteiger partial charge in [-0.25, -0.2) is 0 Å². The van der Waals surface area contributed by atoms with Gasteiger partial charge < -0.3 is 9.13 Å². The van der Waals surface area contributed by atoms with Crippen LogP contribution in [0.3, 0.4) is 0 Å². The first-order chi connectivity index (χ1) is 36.7. The fraction of sp³-hybridized carbons (Fsp3) is 0. The average Bonchev–Trinajstić information content (AvgIpc) is 4.23. The highest BCUT2D eigenvalue weighted by Gasteiger charge is 2.33. The third-order valence-electron chi connectivity index (χ3n) is 15.0. The van der Waals surface area contributed by atoms with Gasteiger partial charge >= 0.3 is 0 Å². The molecule has 4 heterocycles. The lowest BCUT2D eigenvalue weighted by Crippen LogP contribution is -2.11. The fourth-order valence-electron chi connectivity index (χ4n) is 11.9. The Balaban J connectivity index is 1.21. The molecule has 0 N–H and O–H groups in total. The van der Waals surface area contributed by atoms with E-state index >= 15 is 0 Å². The second-order valence-electron chi connectivity index (χ2n) is 18.9. The molecule has 11 aromatic carbocycles. The predicted octanol–water partition coefficient (Wildman–Crippen LogP) is 19.0. The Morgan fingerprint density at radius 3 is 1.50 bits per heavy atom. The number of fused-ring (bicyclic) bond motifs is 14. The maximum absolute atomic E-state index is 12.2. The van der Waals surface area contributed by atoms with Crippen LogP contribution in [0.4, 0.5) is 0 Å². The maximum Gasteiger partial charge on any atom is 0.102 e. The molecule has 0 aliphatic heterocycles. The lowest BCUT2D eigenvalue weighted by atomic mass is 9.86. The number of benzene rings is 11. The summed E-state index contributed by atoms with van der Waals surface area (Å²) in [6, 6.07) is 87.0.